The van der Waals surface area contributed by atoms with Crippen molar-refractivity contribution in [2.24, 2.45) is 0 Å². The number of nitrogens with one attached hydrogen (secondary N) is 1. The number of piperidine rings is 2. The highest BCUT2D eigenvalue weighted by Crippen LogP contribution is 2.35. The zero-order chi connectivity index (χ0) is 50.1. The lowest BCUT2D eigenvalue weighted by Gasteiger charge is -2.34. The van der Waals surface area contributed by atoms with E-state index in [-0.39, 0.29) is 42.9 Å². The monoisotopic (exact) mass is 1050 g/mol. The van der Waals surface area contributed by atoms with Crippen LogP contribution >= 0.6 is 35.1 Å². The highest BCUT2D eigenvalue weighted by atomic mass is 35.5. The molecule has 1 amide bonds. The van der Waals surface area contributed by atoms with Crippen molar-refractivity contribution >= 4 is 61.6 Å². The van der Waals surface area contributed by atoms with E-state index in [2.05, 4.69) is 36.1 Å². The normalized spacial score (nSPS) is 14.6. The number of fused-ring (bicyclic) bond motifs is 2. The fourth-order valence-corrected chi connectivity index (χ4v) is 11.0. The van der Waals surface area contributed by atoms with Crippen molar-refractivity contribution in [1.82, 2.24) is 68.9 Å². The second-order valence-corrected chi connectivity index (χ2v) is 20.3. The number of tetrazole rings is 2. The van der Waals surface area contributed by atoms with Crippen LogP contribution in [-0.4, -0.2) is 101 Å². The second-order valence-electron chi connectivity index (χ2n) is 18.2. The first kappa shape index (κ1) is 51.6. The Labute approximate surface area is 423 Å². The van der Waals surface area contributed by atoms with Crippen molar-refractivity contribution in [3.8, 4) is 20.9 Å². The van der Waals surface area contributed by atoms with Gasteiger partial charge in [-0.15, -0.1) is 55.5 Å². The van der Waals surface area contributed by atoms with Gasteiger partial charge in [0.2, 0.25) is 0 Å². The van der Waals surface area contributed by atoms with Crippen molar-refractivity contribution in [3.05, 3.63) is 126 Å². The van der Waals surface area contributed by atoms with Crippen LogP contribution < -0.4 is 27.8 Å². The predicted octanol–water partition coefficient (Wildman–Crippen LogP) is 6.09. The number of carbonyl (C=O) groups excluding carboxylic acids is 1. The number of nitrogens with zero attached hydrogens (tertiary/aromatic N) is 13. The van der Waals surface area contributed by atoms with E-state index in [1.165, 1.54) is 51.3 Å². The summed E-state index contributed by atoms with van der Waals surface area (Å²) in [5.74, 6) is -0.0900. The molecule has 0 saturated carbocycles. The Morgan fingerprint density at radius 1 is 0.694 bits per heavy atom. The Morgan fingerprint density at radius 3 is 1.53 bits per heavy atom. The van der Waals surface area contributed by atoms with Gasteiger partial charge in [-0.05, 0) is 108 Å². The lowest BCUT2D eigenvalue weighted by Crippen LogP contribution is -2.47. The minimum Gasteiger partial charge on any atom is -0.444 e. The number of aromatic nitrogens is 12. The molecule has 1 N–H and O–H groups in total. The third kappa shape index (κ3) is 10.6. The van der Waals surface area contributed by atoms with Crippen LogP contribution in [0.1, 0.15) is 84.0 Å². The summed E-state index contributed by atoms with van der Waals surface area (Å²) < 4.78 is 40.9. The summed E-state index contributed by atoms with van der Waals surface area (Å²) >= 11 is 2.35. The van der Waals surface area contributed by atoms with Crippen LogP contribution in [0.4, 0.5) is 13.6 Å². The van der Waals surface area contributed by atoms with Gasteiger partial charge in [-0.2, -0.15) is 9.59 Å². The maximum atomic E-state index is 14.6. The van der Waals surface area contributed by atoms with Crippen molar-refractivity contribution < 1.29 is 18.3 Å². The van der Waals surface area contributed by atoms with Crippen molar-refractivity contribution in [1.29, 1.82) is 0 Å². The number of hydrogen-bond donors (Lipinski definition) is 1. The molecule has 6 aromatic heterocycles. The fourth-order valence-electron chi connectivity index (χ4n) is 8.79. The first-order valence-electron chi connectivity index (χ1n) is 23.4. The number of halogens is 3. The van der Waals surface area contributed by atoms with Gasteiger partial charge < -0.3 is 15.0 Å². The summed E-state index contributed by atoms with van der Waals surface area (Å²) in [4.78, 5) is 72.7. The molecule has 10 rings (SSSR count). The molecule has 0 bridgehead atoms. The summed E-state index contributed by atoms with van der Waals surface area (Å²) in [5.41, 5.74) is -0.684. The van der Waals surface area contributed by atoms with E-state index < -0.39 is 40.5 Å². The molecule has 0 atom stereocenters. The van der Waals surface area contributed by atoms with Crippen LogP contribution in [0.2, 0.25) is 0 Å². The number of amides is 1. The molecule has 25 heteroatoms. The van der Waals surface area contributed by atoms with E-state index in [0.717, 1.165) is 24.4 Å². The molecule has 2 saturated heterocycles. The summed E-state index contributed by atoms with van der Waals surface area (Å²) in [5, 5.41) is 27.9. The van der Waals surface area contributed by atoms with Crippen LogP contribution in [0.5, 0.6) is 0 Å². The quantitative estimate of drug-likeness (QED) is 0.164. The van der Waals surface area contributed by atoms with Gasteiger partial charge in [-0.25, -0.2) is 23.2 Å². The molecule has 2 aliphatic rings. The highest BCUT2D eigenvalue weighted by molar-refractivity contribution is 7.22. The van der Waals surface area contributed by atoms with Gasteiger partial charge in [-0.3, -0.25) is 27.9 Å². The average molecular weight is 1050 g/mol. The Kier molecular flexibility index (Phi) is 15.4. The molecule has 8 aromatic rings. The number of aryl methyl sites for hydroxylation is 2. The van der Waals surface area contributed by atoms with E-state index in [9.17, 15) is 32.8 Å². The van der Waals surface area contributed by atoms with E-state index in [4.69, 9.17) is 4.74 Å². The molecule has 72 heavy (non-hydrogen) atoms. The average Bonchev–Trinajstić information content (AvgIpc) is 4.20. The largest absolute Gasteiger partial charge is 0.444 e. The SMILES string of the molecule is CCn1nnc(Cn2c(=O)n(C3CCN(C(=O)OC(C)(C)C)CC3)c(=O)c3sc(-c4ccccc4F)cc32)n1.CCn1nnc(Cn2c(=O)n(C3CCNCC3)c(=O)c3sc(-c4ccccc4F)cc32)n1.Cl. The predicted molar refractivity (Wildman–Crippen MR) is 271 cm³/mol. The van der Waals surface area contributed by atoms with Gasteiger partial charge in [0.25, 0.3) is 11.1 Å². The Morgan fingerprint density at radius 2 is 1.12 bits per heavy atom. The summed E-state index contributed by atoms with van der Waals surface area (Å²) in [6.07, 6.45) is 1.79. The van der Waals surface area contributed by atoms with Gasteiger partial charge in [-0.1, -0.05) is 36.4 Å². The molecule has 2 aromatic carbocycles. The van der Waals surface area contributed by atoms with E-state index >= 15 is 0 Å². The standard InChI is InChI=1S/C26H30FN7O4S.C21H22FN7O2S.ClH/c1-5-33-29-21(28-30-33)15-32-19-14-20(17-8-6-7-9-18(17)27)39-22(19)23(35)34(24(32)36)16-10-12-31(13-11-16)25(37)38-26(2,3)4;1-2-28-25-18(24-26-28)12-27-16-11-17(14-5-3-4-6-15(14)22)32-19(16)20(30)29(21(27)31)13-7-9-23-10-8-13;/h6-9,14,16H,5,10-13,15H2,1-4H3;3-6,11,13,23H,2,7-10,12H2,1H3;1H. The van der Waals surface area contributed by atoms with E-state index in [1.807, 2.05) is 13.8 Å². The number of thiophene rings is 2. The van der Waals surface area contributed by atoms with E-state index in [0.29, 0.717) is 105 Å². The second kappa shape index (κ2) is 21.5. The number of rotatable bonds is 10. The van der Waals surface area contributed by atoms with Gasteiger partial charge in [0, 0.05) is 46.1 Å². The molecular weight excluding hydrogens is 994 g/mol. The molecule has 0 aliphatic carbocycles. The Balaban J connectivity index is 0.000000193. The van der Waals surface area contributed by atoms with Crippen LogP contribution in [-0.2, 0) is 30.9 Å². The minimum absolute atomic E-state index is 0. The van der Waals surface area contributed by atoms with Crippen molar-refractivity contribution in [2.75, 3.05) is 26.2 Å². The van der Waals surface area contributed by atoms with Crippen molar-refractivity contribution in [3.63, 3.8) is 0 Å². The Hall–Kier alpha value is -6.76. The van der Waals surface area contributed by atoms with E-state index in [1.54, 1.807) is 74.2 Å². The number of benzene rings is 2. The topological polar surface area (TPSA) is 217 Å². The summed E-state index contributed by atoms with van der Waals surface area (Å²) in [6, 6.07) is 15.5. The first-order valence-corrected chi connectivity index (χ1v) is 25.0. The molecule has 20 nitrogen and oxygen atoms in total. The molecule has 0 radical (unpaired) electrons. The van der Waals surface area contributed by atoms with Gasteiger partial charge >= 0.3 is 17.5 Å². The third-order valence-corrected chi connectivity index (χ3v) is 14.6. The zero-order valence-electron chi connectivity index (χ0n) is 40.2. The van der Waals surface area contributed by atoms with Crippen LogP contribution in [0, 0.1) is 11.6 Å². The van der Waals surface area contributed by atoms with Crippen LogP contribution in [0.15, 0.2) is 79.8 Å². The van der Waals surface area contributed by atoms with Crippen LogP contribution in [0.3, 0.4) is 0 Å². The molecular formula is C47H53ClF2N14O6S2. The minimum atomic E-state index is -0.619. The molecule has 2 fully saturated rings. The third-order valence-electron chi connectivity index (χ3n) is 12.3. The number of ether oxygens (including phenoxy) is 1. The molecule has 0 unspecified atom stereocenters. The summed E-state index contributed by atoms with van der Waals surface area (Å²) in [7, 11) is 0. The lowest BCUT2D eigenvalue weighted by atomic mass is 10.1. The number of carbonyl (C=O) groups is 1. The maximum absolute atomic E-state index is 14.6. The number of hydrogen-bond acceptors (Lipinski definition) is 15. The molecule has 8 heterocycles. The summed E-state index contributed by atoms with van der Waals surface area (Å²) in [6.45, 7) is 12.5. The lowest BCUT2D eigenvalue weighted by molar-refractivity contribution is 0.0186. The first-order chi connectivity index (χ1) is 34.1. The highest BCUT2D eigenvalue weighted by Gasteiger charge is 2.31. The molecule has 0 spiro atoms. The van der Waals surface area contributed by atoms with Gasteiger partial charge in [0.15, 0.2) is 11.6 Å². The van der Waals surface area contributed by atoms with Gasteiger partial charge in [0.05, 0.1) is 37.2 Å². The van der Waals surface area contributed by atoms with Crippen molar-refractivity contribution in [2.45, 2.75) is 104 Å². The zero-order valence-corrected chi connectivity index (χ0v) is 42.6. The fraction of sp³-hybridized carbons (Fsp3) is 0.426. The molecule has 2 aliphatic heterocycles. The maximum Gasteiger partial charge on any atom is 0.410 e. The number of likely N-dealkylation sites (tertiary alicyclic amines) is 1. The molecule has 380 valence electrons. The van der Waals surface area contributed by atoms with Gasteiger partial charge in [0.1, 0.15) is 26.6 Å². The Bertz CT molecular complexity index is 3500. The smallest absolute Gasteiger partial charge is 0.410 e. The van der Waals surface area contributed by atoms with Crippen LogP contribution in [0.25, 0.3) is 41.3 Å².